The highest BCUT2D eigenvalue weighted by Gasteiger charge is 2.67. The smallest absolute Gasteiger partial charge is 0.302 e. The number of pyridine rings is 1. The molecule has 286 valence electrons. The third-order valence-corrected chi connectivity index (χ3v) is 14.3. The van der Waals surface area contributed by atoms with E-state index in [4.69, 9.17) is 25.8 Å². The topological polar surface area (TPSA) is 107 Å². The molecule has 6 rings (SSSR count). The molecule has 1 heterocycles. The first-order valence-electron chi connectivity index (χ1n) is 19.7. The Morgan fingerprint density at radius 2 is 1.71 bits per heavy atom. The summed E-state index contributed by atoms with van der Waals surface area (Å²) < 4.78 is 18.3. The fraction of sp³-hybridized carbons (Fsp3) is 0.714. The second-order valence-electron chi connectivity index (χ2n) is 17.1. The zero-order valence-corrected chi connectivity index (χ0v) is 33.0. The number of nitrogens with one attached hydrogen (secondary N) is 1. The molecule has 0 spiro atoms. The molecule has 1 aromatic heterocycles. The lowest BCUT2D eigenvalue weighted by molar-refractivity contribution is -0.224. The SMILES string of the molecule is CC(=O)O[C@@H]1CC[C@]2(C)C3C[C@H](OC(C)=O)[C@@]4(C)C(CC[C@@H]4C(C)CCCN(C)CCNc4ccnc5cc(Cl)ccc45)C3[C@H](OC(C)=O)C[C@@H]2C1. The molecule has 4 saturated carbocycles. The Kier molecular flexibility index (Phi) is 11.8. The van der Waals surface area contributed by atoms with Crippen molar-refractivity contribution in [2.24, 2.45) is 46.3 Å². The average Bonchev–Trinajstić information content (AvgIpc) is 3.43. The molecule has 52 heavy (non-hydrogen) atoms. The number of anilines is 1. The summed E-state index contributed by atoms with van der Waals surface area (Å²) in [6.45, 7) is 14.5. The summed E-state index contributed by atoms with van der Waals surface area (Å²) in [5, 5.41) is 5.35. The minimum absolute atomic E-state index is 0.000935. The van der Waals surface area contributed by atoms with Crippen molar-refractivity contribution in [1.29, 1.82) is 0 Å². The van der Waals surface area contributed by atoms with Gasteiger partial charge >= 0.3 is 17.9 Å². The zero-order valence-electron chi connectivity index (χ0n) is 32.3. The van der Waals surface area contributed by atoms with Gasteiger partial charge in [0.15, 0.2) is 0 Å². The monoisotopic (exact) mass is 737 g/mol. The molecule has 4 aliphatic carbocycles. The predicted octanol–water partition coefficient (Wildman–Crippen LogP) is 8.32. The van der Waals surface area contributed by atoms with Gasteiger partial charge in [-0.25, -0.2) is 0 Å². The summed E-state index contributed by atoms with van der Waals surface area (Å²) in [4.78, 5) is 44.0. The van der Waals surface area contributed by atoms with Gasteiger partial charge in [0.2, 0.25) is 0 Å². The number of ether oxygens (including phenoxy) is 3. The fourth-order valence-electron chi connectivity index (χ4n) is 11.8. The highest BCUT2D eigenvalue weighted by Crippen LogP contribution is 2.69. The average molecular weight is 738 g/mol. The molecule has 4 unspecified atom stereocenters. The van der Waals surface area contributed by atoms with Crippen molar-refractivity contribution in [1.82, 2.24) is 9.88 Å². The molecule has 0 amide bonds. The summed E-state index contributed by atoms with van der Waals surface area (Å²) in [7, 11) is 2.19. The van der Waals surface area contributed by atoms with Crippen molar-refractivity contribution in [3.63, 3.8) is 0 Å². The molecule has 4 fully saturated rings. The number of nitrogens with zero attached hydrogens (tertiary/aromatic N) is 2. The molecule has 10 heteroatoms. The lowest BCUT2D eigenvalue weighted by Gasteiger charge is -2.64. The van der Waals surface area contributed by atoms with E-state index in [-0.39, 0.29) is 64.8 Å². The van der Waals surface area contributed by atoms with Gasteiger partial charge in [-0.3, -0.25) is 19.4 Å². The number of rotatable bonds is 12. The number of carbonyl (C=O) groups is 3. The number of benzene rings is 1. The summed E-state index contributed by atoms with van der Waals surface area (Å²) in [6, 6.07) is 7.83. The number of hydrogen-bond donors (Lipinski definition) is 1. The van der Waals surface area contributed by atoms with Crippen LogP contribution in [0.2, 0.25) is 5.02 Å². The van der Waals surface area contributed by atoms with E-state index in [1.165, 1.54) is 13.8 Å². The number of hydrogen-bond acceptors (Lipinski definition) is 9. The molecule has 11 atom stereocenters. The first kappa shape index (κ1) is 38.8. The van der Waals surface area contributed by atoms with Crippen LogP contribution in [0.3, 0.4) is 0 Å². The molecule has 0 aliphatic heterocycles. The standard InChI is InChI=1S/C42H60ClN3O6/c1-25(9-8-19-46(7)20-18-45-36-15-17-44-37-23-30(43)10-11-32(36)37)33-12-13-34-40-35(24-39(42(33,34)6)52-28(4)49)41(5)16-14-31(50-26(2)47)21-29(41)22-38(40)51-27(3)48/h10-11,15,17,23,25,29,31,33-35,38-40H,8-9,12-14,16,18-22,24H2,1-7H3,(H,44,45)/t25?,29-,31+,33+,34?,35?,38+,39-,40?,41-,42+/m0/s1. The molecule has 4 aliphatic rings. The molecular formula is C42H60ClN3O6. The van der Waals surface area contributed by atoms with Crippen LogP contribution in [0.1, 0.15) is 99.3 Å². The second-order valence-corrected chi connectivity index (χ2v) is 17.6. The van der Waals surface area contributed by atoms with Gasteiger partial charge in [0.25, 0.3) is 0 Å². The van der Waals surface area contributed by atoms with Gasteiger partial charge < -0.3 is 24.4 Å². The van der Waals surface area contributed by atoms with Crippen molar-refractivity contribution < 1.29 is 28.6 Å². The molecule has 0 bridgehead atoms. The van der Waals surface area contributed by atoms with Gasteiger partial charge in [-0.05, 0) is 131 Å². The van der Waals surface area contributed by atoms with Crippen molar-refractivity contribution in [3.8, 4) is 0 Å². The van der Waals surface area contributed by atoms with Crippen LogP contribution < -0.4 is 5.32 Å². The summed E-state index contributed by atoms with van der Waals surface area (Å²) in [5.41, 5.74) is 1.76. The Balaban J connectivity index is 1.12. The van der Waals surface area contributed by atoms with Gasteiger partial charge in [0.05, 0.1) is 5.52 Å². The molecule has 1 N–H and O–H groups in total. The van der Waals surface area contributed by atoms with E-state index in [0.717, 1.165) is 94.0 Å². The van der Waals surface area contributed by atoms with E-state index in [1.807, 2.05) is 30.5 Å². The summed E-state index contributed by atoms with van der Waals surface area (Å²) in [6.07, 6.45) is 9.88. The van der Waals surface area contributed by atoms with Gasteiger partial charge in [0, 0.05) is 67.5 Å². The summed E-state index contributed by atoms with van der Waals surface area (Å²) in [5.74, 6) is 1.23. The molecule has 0 radical (unpaired) electrons. The first-order valence-corrected chi connectivity index (χ1v) is 20.1. The highest BCUT2D eigenvalue weighted by atomic mass is 35.5. The molecule has 1 aromatic carbocycles. The molecule has 9 nitrogen and oxygen atoms in total. The Labute approximate surface area is 315 Å². The van der Waals surface area contributed by atoms with Crippen molar-refractivity contribution in [3.05, 3.63) is 35.5 Å². The number of carbonyl (C=O) groups excluding carboxylic acids is 3. The van der Waals surface area contributed by atoms with Gasteiger partial charge in [-0.15, -0.1) is 0 Å². The van der Waals surface area contributed by atoms with Crippen LogP contribution in [0.25, 0.3) is 10.9 Å². The van der Waals surface area contributed by atoms with E-state index in [0.29, 0.717) is 22.8 Å². The van der Waals surface area contributed by atoms with Crippen molar-refractivity contribution in [2.75, 3.05) is 32.0 Å². The number of likely N-dealkylation sites (N-methyl/N-ethyl adjacent to an activating group) is 1. The first-order chi connectivity index (χ1) is 24.7. The molecule has 0 saturated heterocycles. The predicted molar refractivity (Wildman–Crippen MR) is 204 cm³/mol. The third-order valence-electron chi connectivity index (χ3n) is 14.1. The summed E-state index contributed by atoms with van der Waals surface area (Å²) >= 11 is 6.18. The van der Waals surface area contributed by atoms with Crippen LogP contribution in [0.15, 0.2) is 30.5 Å². The quantitative estimate of drug-likeness (QED) is 0.170. The van der Waals surface area contributed by atoms with Crippen LogP contribution in [-0.4, -0.2) is 72.8 Å². The second kappa shape index (κ2) is 15.8. The van der Waals surface area contributed by atoms with Crippen molar-refractivity contribution >= 4 is 46.1 Å². The van der Waals surface area contributed by atoms with Crippen LogP contribution in [0, 0.1) is 46.3 Å². The molecular weight excluding hydrogens is 678 g/mol. The van der Waals surface area contributed by atoms with E-state index in [1.54, 1.807) is 6.92 Å². The zero-order chi connectivity index (χ0) is 37.4. The number of aromatic nitrogens is 1. The minimum Gasteiger partial charge on any atom is -0.463 e. The van der Waals surface area contributed by atoms with E-state index in [2.05, 4.69) is 43.0 Å². The highest BCUT2D eigenvalue weighted by molar-refractivity contribution is 6.31. The maximum Gasteiger partial charge on any atom is 0.302 e. The van der Waals surface area contributed by atoms with Gasteiger partial charge in [0.1, 0.15) is 18.3 Å². The Hall–Kier alpha value is -2.91. The number of fused-ring (bicyclic) bond motifs is 6. The van der Waals surface area contributed by atoms with Crippen LogP contribution in [0.5, 0.6) is 0 Å². The van der Waals surface area contributed by atoms with Gasteiger partial charge in [-0.2, -0.15) is 0 Å². The van der Waals surface area contributed by atoms with Crippen LogP contribution in [-0.2, 0) is 28.6 Å². The largest absolute Gasteiger partial charge is 0.463 e. The van der Waals surface area contributed by atoms with Gasteiger partial charge in [-0.1, -0.05) is 32.4 Å². The Bertz CT molecular complexity index is 1620. The Morgan fingerprint density at radius 1 is 0.962 bits per heavy atom. The van der Waals surface area contributed by atoms with E-state index in [9.17, 15) is 14.4 Å². The van der Waals surface area contributed by atoms with Crippen LogP contribution in [0.4, 0.5) is 5.69 Å². The third kappa shape index (κ3) is 7.82. The van der Waals surface area contributed by atoms with Crippen LogP contribution >= 0.6 is 11.6 Å². The number of esters is 3. The number of halogens is 1. The van der Waals surface area contributed by atoms with E-state index >= 15 is 0 Å². The Morgan fingerprint density at radius 3 is 2.44 bits per heavy atom. The normalized spacial score (nSPS) is 34.5. The lowest BCUT2D eigenvalue weighted by Crippen LogP contribution is -2.63. The lowest BCUT2D eigenvalue weighted by atomic mass is 9.43. The van der Waals surface area contributed by atoms with E-state index < -0.39 is 0 Å². The maximum absolute atomic E-state index is 12.7. The molecule has 2 aromatic rings. The fourth-order valence-corrected chi connectivity index (χ4v) is 11.9. The van der Waals surface area contributed by atoms with Crippen molar-refractivity contribution in [2.45, 2.75) is 118 Å². The minimum atomic E-state index is -0.238. The maximum atomic E-state index is 12.7.